The number of carbonyl (C=O) groups excluding carboxylic acids is 1. The molecule has 0 unspecified atom stereocenters. The Morgan fingerprint density at radius 1 is 1.26 bits per heavy atom. The van der Waals surface area contributed by atoms with Crippen molar-refractivity contribution >= 4 is 17.2 Å². The van der Waals surface area contributed by atoms with E-state index in [0.29, 0.717) is 5.56 Å². The van der Waals surface area contributed by atoms with Crippen molar-refractivity contribution in [2.45, 2.75) is 13.5 Å². The molecule has 0 atom stereocenters. The van der Waals surface area contributed by atoms with Crippen molar-refractivity contribution in [3.63, 3.8) is 0 Å². The molecule has 3 nitrogen and oxygen atoms in total. The van der Waals surface area contributed by atoms with E-state index in [0.717, 1.165) is 29.4 Å². The molecule has 19 heavy (non-hydrogen) atoms. The summed E-state index contributed by atoms with van der Waals surface area (Å²) in [7, 11) is 0. The lowest BCUT2D eigenvalue weighted by atomic mass is 10.2. The van der Waals surface area contributed by atoms with Gasteiger partial charge in [0.1, 0.15) is 6.29 Å². The quantitative estimate of drug-likeness (QED) is 0.669. The van der Waals surface area contributed by atoms with E-state index in [2.05, 4.69) is 28.6 Å². The molecular formula is C16H14N2O. The highest BCUT2D eigenvalue weighted by Crippen LogP contribution is 2.18. The molecule has 3 heteroatoms. The second kappa shape index (κ2) is 4.69. The molecule has 0 radical (unpaired) electrons. The van der Waals surface area contributed by atoms with Crippen LogP contribution in [0, 0.1) is 6.92 Å². The molecule has 94 valence electrons. The first-order valence-electron chi connectivity index (χ1n) is 6.22. The van der Waals surface area contributed by atoms with Crippen LogP contribution in [0.3, 0.4) is 0 Å². The zero-order chi connectivity index (χ0) is 13.2. The summed E-state index contributed by atoms with van der Waals surface area (Å²) in [6.07, 6.45) is 4.72. The zero-order valence-electron chi connectivity index (χ0n) is 10.7. The van der Waals surface area contributed by atoms with Crippen molar-refractivity contribution < 1.29 is 4.79 Å². The van der Waals surface area contributed by atoms with Crippen LogP contribution in [-0.2, 0) is 6.54 Å². The summed E-state index contributed by atoms with van der Waals surface area (Å²) in [6, 6.07) is 11.8. The van der Waals surface area contributed by atoms with Crippen molar-refractivity contribution in [2.75, 3.05) is 0 Å². The summed E-state index contributed by atoms with van der Waals surface area (Å²) >= 11 is 0. The fraction of sp³-hybridized carbons (Fsp3) is 0.125. The summed E-state index contributed by atoms with van der Waals surface area (Å²) < 4.78 is 2.12. The third kappa shape index (κ3) is 2.15. The number of pyridine rings is 1. The van der Waals surface area contributed by atoms with E-state index in [-0.39, 0.29) is 0 Å². The Kier molecular flexibility index (Phi) is 2.88. The van der Waals surface area contributed by atoms with Gasteiger partial charge in [0.05, 0.1) is 12.2 Å². The maximum Gasteiger partial charge on any atom is 0.150 e. The monoisotopic (exact) mass is 250 g/mol. The minimum Gasteiger partial charge on any atom is -0.341 e. The lowest BCUT2D eigenvalue weighted by Crippen LogP contribution is -2.02. The second-order valence-electron chi connectivity index (χ2n) is 4.65. The minimum atomic E-state index is 0.699. The van der Waals surface area contributed by atoms with Gasteiger partial charge in [0.25, 0.3) is 0 Å². The number of aryl methyl sites for hydroxylation is 1. The highest BCUT2D eigenvalue weighted by molar-refractivity contribution is 5.87. The van der Waals surface area contributed by atoms with Crippen LogP contribution in [0.1, 0.15) is 21.6 Å². The molecule has 0 amide bonds. The van der Waals surface area contributed by atoms with Gasteiger partial charge in [-0.25, -0.2) is 0 Å². The summed E-state index contributed by atoms with van der Waals surface area (Å²) in [6.45, 7) is 2.78. The zero-order valence-corrected chi connectivity index (χ0v) is 10.7. The fourth-order valence-electron chi connectivity index (χ4n) is 2.26. The number of fused-ring (bicyclic) bond motifs is 1. The molecule has 2 aromatic heterocycles. The van der Waals surface area contributed by atoms with Gasteiger partial charge in [-0.05, 0) is 36.1 Å². The molecule has 0 fully saturated rings. The first kappa shape index (κ1) is 11.7. The van der Waals surface area contributed by atoms with E-state index in [1.165, 1.54) is 5.56 Å². The topological polar surface area (TPSA) is 34.9 Å². The molecular weight excluding hydrogens is 236 g/mol. The van der Waals surface area contributed by atoms with Crippen LogP contribution < -0.4 is 0 Å². The Bertz CT molecular complexity index is 743. The van der Waals surface area contributed by atoms with E-state index in [9.17, 15) is 4.79 Å². The van der Waals surface area contributed by atoms with Crippen LogP contribution in [-0.4, -0.2) is 15.8 Å². The van der Waals surface area contributed by atoms with Gasteiger partial charge in [0.2, 0.25) is 0 Å². The van der Waals surface area contributed by atoms with E-state index in [4.69, 9.17) is 0 Å². The number of aldehydes is 1. The SMILES string of the molecule is Cc1cccnc1Cn1ccc2ccc(C=O)cc21. The van der Waals surface area contributed by atoms with Gasteiger partial charge in [0, 0.05) is 23.5 Å². The third-order valence-corrected chi connectivity index (χ3v) is 3.37. The average Bonchev–Trinajstić information content (AvgIpc) is 2.84. The van der Waals surface area contributed by atoms with Gasteiger partial charge in [-0.2, -0.15) is 0 Å². The molecule has 0 aliphatic heterocycles. The number of hydrogen-bond donors (Lipinski definition) is 0. The number of nitrogens with zero attached hydrogens (tertiary/aromatic N) is 2. The van der Waals surface area contributed by atoms with Crippen LogP contribution in [0.25, 0.3) is 10.9 Å². The van der Waals surface area contributed by atoms with Crippen LogP contribution in [0.2, 0.25) is 0 Å². The molecule has 0 N–H and O–H groups in total. The first-order chi connectivity index (χ1) is 9.28. The second-order valence-corrected chi connectivity index (χ2v) is 4.65. The van der Waals surface area contributed by atoms with Crippen molar-refractivity contribution in [3.8, 4) is 0 Å². The summed E-state index contributed by atoms with van der Waals surface area (Å²) in [5.41, 5.74) is 3.99. The molecule has 3 rings (SSSR count). The van der Waals surface area contributed by atoms with Crippen LogP contribution in [0.5, 0.6) is 0 Å². The Morgan fingerprint density at radius 2 is 2.16 bits per heavy atom. The number of benzene rings is 1. The van der Waals surface area contributed by atoms with Crippen molar-refractivity contribution in [3.05, 3.63) is 65.6 Å². The van der Waals surface area contributed by atoms with Crippen LogP contribution in [0.4, 0.5) is 0 Å². The molecule has 2 heterocycles. The maximum atomic E-state index is 10.9. The molecule has 0 aliphatic carbocycles. The smallest absolute Gasteiger partial charge is 0.150 e. The molecule has 1 aromatic carbocycles. The van der Waals surface area contributed by atoms with E-state index in [1.54, 1.807) is 0 Å². The molecule has 0 saturated carbocycles. The molecule has 0 aliphatic rings. The molecule has 0 spiro atoms. The summed E-state index contributed by atoms with van der Waals surface area (Å²) in [5, 5.41) is 1.14. The maximum absolute atomic E-state index is 10.9. The van der Waals surface area contributed by atoms with Crippen LogP contribution in [0.15, 0.2) is 48.8 Å². The molecule has 0 bridgehead atoms. The lowest BCUT2D eigenvalue weighted by molar-refractivity contribution is 0.112. The van der Waals surface area contributed by atoms with Crippen molar-refractivity contribution in [2.24, 2.45) is 0 Å². The van der Waals surface area contributed by atoms with Gasteiger partial charge in [0.15, 0.2) is 0 Å². The number of hydrogen-bond acceptors (Lipinski definition) is 2. The largest absolute Gasteiger partial charge is 0.341 e. The highest BCUT2D eigenvalue weighted by Gasteiger charge is 2.05. The minimum absolute atomic E-state index is 0.699. The standard InChI is InChI=1S/C16H14N2O/c1-12-3-2-7-17-15(12)10-18-8-6-14-5-4-13(11-19)9-16(14)18/h2-9,11H,10H2,1H3. The highest BCUT2D eigenvalue weighted by atomic mass is 16.1. The fourth-order valence-corrected chi connectivity index (χ4v) is 2.26. The third-order valence-electron chi connectivity index (χ3n) is 3.37. The number of rotatable bonds is 3. The Morgan fingerprint density at radius 3 is 2.95 bits per heavy atom. The van der Waals surface area contributed by atoms with E-state index < -0.39 is 0 Å². The van der Waals surface area contributed by atoms with Crippen molar-refractivity contribution in [1.29, 1.82) is 0 Å². The molecule has 3 aromatic rings. The normalized spacial score (nSPS) is 10.8. The number of aromatic nitrogens is 2. The summed E-state index contributed by atoms with van der Waals surface area (Å²) in [5.74, 6) is 0. The van der Waals surface area contributed by atoms with Gasteiger partial charge >= 0.3 is 0 Å². The molecule has 0 saturated heterocycles. The Labute approximate surface area is 111 Å². The van der Waals surface area contributed by atoms with Crippen molar-refractivity contribution in [1.82, 2.24) is 9.55 Å². The average molecular weight is 250 g/mol. The predicted molar refractivity (Wildman–Crippen MR) is 75.4 cm³/mol. The number of carbonyl (C=O) groups is 1. The van der Waals surface area contributed by atoms with Gasteiger partial charge in [-0.3, -0.25) is 9.78 Å². The Hall–Kier alpha value is -2.42. The van der Waals surface area contributed by atoms with Gasteiger partial charge in [-0.15, -0.1) is 0 Å². The summed E-state index contributed by atoms with van der Waals surface area (Å²) in [4.78, 5) is 15.3. The van der Waals surface area contributed by atoms with E-state index >= 15 is 0 Å². The Balaban J connectivity index is 2.06. The predicted octanol–water partition coefficient (Wildman–Crippen LogP) is 3.21. The first-order valence-corrected chi connectivity index (χ1v) is 6.22. The van der Waals surface area contributed by atoms with Gasteiger partial charge in [-0.1, -0.05) is 18.2 Å². The van der Waals surface area contributed by atoms with Gasteiger partial charge < -0.3 is 4.57 Å². The van der Waals surface area contributed by atoms with Crippen LogP contribution >= 0.6 is 0 Å². The van der Waals surface area contributed by atoms with E-state index in [1.807, 2.05) is 36.7 Å². The lowest BCUT2D eigenvalue weighted by Gasteiger charge is -2.07.